The lowest BCUT2D eigenvalue weighted by Crippen LogP contribution is -2.24. The van der Waals surface area contributed by atoms with Gasteiger partial charge in [0.05, 0.1) is 15.8 Å². The summed E-state index contributed by atoms with van der Waals surface area (Å²) < 4.78 is 46.8. The lowest BCUT2D eigenvalue weighted by atomic mass is 9.91. The lowest BCUT2D eigenvalue weighted by Gasteiger charge is -2.23. The number of alkyl halides is 5. The smallest absolute Gasteiger partial charge is 0.405 e. The summed E-state index contributed by atoms with van der Waals surface area (Å²) in [7, 11) is 0. The van der Waals surface area contributed by atoms with Crippen molar-refractivity contribution in [2.75, 3.05) is 0 Å². The molecule has 0 radical (unpaired) electrons. The molecule has 3 rings (SSSR count). The third-order valence-electron chi connectivity index (χ3n) is 3.09. The minimum atomic E-state index is -4.69. The van der Waals surface area contributed by atoms with Crippen LogP contribution in [-0.2, 0) is 4.74 Å². The van der Waals surface area contributed by atoms with Crippen molar-refractivity contribution in [2.45, 2.75) is 28.2 Å². The number of fused-ring (bicyclic) bond motifs is 5. The number of hydrogen-bond acceptors (Lipinski definition) is 2. The molecule has 2 bridgehead atoms. The Hall–Kier alpha value is -0.270. The third-order valence-corrected chi connectivity index (χ3v) is 5.90. The quantitative estimate of drug-likeness (QED) is 0.671. The summed E-state index contributed by atoms with van der Waals surface area (Å²) >= 11 is 6.92. The van der Waals surface area contributed by atoms with Gasteiger partial charge in [-0.1, -0.05) is 44.0 Å². The van der Waals surface area contributed by atoms with Gasteiger partial charge in [-0.25, -0.2) is 0 Å². The van der Waals surface area contributed by atoms with Gasteiger partial charge in [0, 0.05) is 5.56 Å². The average Bonchev–Trinajstić information content (AvgIpc) is 2.76. The Bertz CT molecular complexity index is 492. The van der Waals surface area contributed by atoms with E-state index in [1.807, 2.05) is 0 Å². The molecule has 98 valence electrons. The van der Waals surface area contributed by atoms with Crippen LogP contribution in [0.25, 0.3) is 0 Å². The highest BCUT2D eigenvalue weighted by molar-refractivity contribution is 9.12. The van der Waals surface area contributed by atoms with Crippen LogP contribution in [0.4, 0.5) is 13.2 Å². The zero-order valence-electron chi connectivity index (χ0n) is 8.75. The predicted octanol–water partition coefficient (Wildman–Crippen LogP) is 4.24. The summed E-state index contributed by atoms with van der Waals surface area (Å²) in [5.74, 6) is -0.170. The summed E-state index contributed by atoms with van der Waals surface area (Å²) in [5, 5.41) is 0. The number of benzene rings is 1. The number of hydrogen-bond donors (Lipinski definition) is 0. The Balaban J connectivity index is 2.05. The second-order valence-electron chi connectivity index (χ2n) is 4.17. The van der Waals surface area contributed by atoms with Gasteiger partial charge >= 0.3 is 6.36 Å². The monoisotopic (exact) mass is 386 g/mol. The molecule has 0 saturated carbocycles. The van der Waals surface area contributed by atoms with E-state index in [9.17, 15) is 13.2 Å². The molecule has 2 nitrogen and oxygen atoms in total. The summed E-state index contributed by atoms with van der Waals surface area (Å²) in [6, 6.07) is 4.64. The zero-order chi connectivity index (χ0) is 13.1. The number of ether oxygens (including phenoxy) is 2. The first-order valence-electron chi connectivity index (χ1n) is 5.20. The molecule has 2 aliphatic heterocycles. The largest absolute Gasteiger partial charge is 0.573 e. The lowest BCUT2D eigenvalue weighted by molar-refractivity contribution is -0.275. The van der Waals surface area contributed by atoms with Crippen molar-refractivity contribution in [1.29, 1.82) is 0 Å². The fraction of sp³-hybridized carbons (Fsp3) is 0.455. The van der Waals surface area contributed by atoms with Crippen molar-refractivity contribution in [3.63, 3.8) is 0 Å². The van der Waals surface area contributed by atoms with Gasteiger partial charge in [0.15, 0.2) is 0 Å². The Kier molecular flexibility index (Phi) is 2.91. The van der Waals surface area contributed by atoms with Crippen LogP contribution in [0.3, 0.4) is 0 Å². The molecule has 4 atom stereocenters. The number of halogens is 5. The first kappa shape index (κ1) is 12.7. The van der Waals surface area contributed by atoms with Crippen molar-refractivity contribution in [3.05, 3.63) is 29.3 Å². The fourth-order valence-corrected chi connectivity index (χ4v) is 3.79. The molecule has 1 saturated heterocycles. The molecule has 0 aromatic heterocycles. The molecular formula is C11H7Br2F3O2. The molecule has 1 aromatic rings. The van der Waals surface area contributed by atoms with Gasteiger partial charge in [0.1, 0.15) is 11.9 Å². The molecule has 0 spiro atoms. The van der Waals surface area contributed by atoms with Crippen molar-refractivity contribution in [1.82, 2.24) is 0 Å². The van der Waals surface area contributed by atoms with Gasteiger partial charge in [-0.05, 0) is 11.6 Å². The SMILES string of the molecule is FC(F)(F)Oc1cccc2c1[C@@H]1O[C@H]2[C@@H](Br)[C@H]1Br. The molecule has 18 heavy (non-hydrogen) atoms. The normalized spacial score (nSPS) is 33.6. The highest BCUT2D eigenvalue weighted by atomic mass is 79.9. The molecule has 1 fully saturated rings. The third kappa shape index (κ3) is 1.87. The van der Waals surface area contributed by atoms with Crippen LogP contribution in [-0.4, -0.2) is 16.0 Å². The van der Waals surface area contributed by atoms with Crippen LogP contribution >= 0.6 is 31.9 Å². The standard InChI is InChI=1S/C11H7Br2F3O2/c12-7-8(13)10-6-4(9(7)17-10)2-1-3-5(6)18-11(14,15)16/h1-3,7-10H/t7-,8+,9+,10-/m0/s1. The van der Waals surface area contributed by atoms with Crippen LogP contribution < -0.4 is 4.74 Å². The fourth-order valence-electron chi connectivity index (χ4n) is 2.44. The van der Waals surface area contributed by atoms with Gasteiger partial charge in [-0.2, -0.15) is 0 Å². The average molecular weight is 388 g/mol. The minimum absolute atomic E-state index is 0.0520. The maximum Gasteiger partial charge on any atom is 0.573 e. The van der Waals surface area contributed by atoms with E-state index >= 15 is 0 Å². The van der Waals surface area contributed by atoms with E-state index in [4.69, 9.17) is 4.74 Å². The highest BCUT2D eigenvalue weighted by Gasteiger charge is 2.52. The highest BCUT2D eigenvalue weighted by Crippen LogP contribution is 2.58. The van der Waals surface area contributed by atoms with Crippen molar-refractivity contribution in [3.8, 4) is 5.75 Å². The van der Waals surface area contributed by atoms with Gasteiger partial charge in [-0.3, -0.25) is 0 Å². The van der Waals surface area contributed by atoms with Crippen molar-refractivity contribution < 1.29 is 22.6 Å². The molecule has 0 unspecified atom stereocenters. The molecule has 1 aromatic carbocycles. The molecule has 7 heteroatoms. The first-order chi connectivity index (χ1) is 8.38. The van der Waals surface area contributed by atoms with Crippen molar-refractivity contribution >= 4 is 31.9 Å². The maximum atomic E-state index is 12.3. The minimum Gasteiger partial charge on any atom is -0.405 e. The van der Waals surface area contributed by atoms with Crippen LogP contribution in [0.1, 0.15) is 23.3 Å². The Morgan fingerprint density at radius 3 is 2.44 bits per heavy atom. The zero-order valence-corrected chi connectivity index (χ0v) is 11.9. The van der Waals surface area contributed by atoms with Crippen LogP contribution in [0.2, 0.25) is 0 Å². The number of rotatable bonds is 1. The van der Waals surface area contributed by atoms with E-state index < -0.39 is 12.5 Å². The second kappa shape index (κ2) is 4.11. The summed E-state index contributed by atoms with van der Waals surface area (Å²) in [6.07, 6.45) is -5.33. The van der Waals surface area contributed by atoms with E-state index in [1.54, 1.807) is 12.1 Å². The molecular weight excluding hydrogens is 381 g/mol. The van der Waals surface area contributed by atoms with E-state index in [2.05, 4.69) is 36.6 Å². The van der Waals surface area contributed by atoms with Crippen molar-refractivity contribution in [2.24, 2.45) is 0 Å². The second-order valence-corrected chi connectivity index (χ2v) is 6.29. The summed E-state index contributed by atoms with van der Waals surface area (Å²) in [5.41, 5.74) is 1.26. The predicted molar refractivity (Wildman–Crippen MR) is 65.1 cm³/mol. The van der Waals surface area contributed by atoms with E-state index in [1.165, 1.54) is 6.07 Å². The Morgan fingerprint density at radius 1 is 1.11 bits per heavy atom. The van der Waals surface area contributed by atoms with Gasteiger partial charge in [0.25, 0.3) is 0 Å². The Morgan fingerprint density at radius 2 is 1.78 bits per heavy atom. The van der Waals surface area contributed by atoms with Gasteiger partial charge in [-0.15, -0.1) is 13.2 Å². The first-order valence-corrected chi connectivity index (χ1v) is 7.04. The van der Waals surface area contributed by atoms with Crippen LogP contribution in [0.15, 0.2) is 18.2 Å². The van der Waals surface area contributed by atoms with Crippen LogP contribution in [0, 0.1) is 0 Å². The summed E-state index contributed by atoms with van der Waals surface area (Å²) in [4.78, 5) is -0.0101. The molecule has 2 aliphatic rings. The molecule has 2 heterocycles. The summed E-state index contributed by atoms with van der Waals surface area (Å²) in [6.45, 7) is 0. The van der Waals surface area contributed by atoms with E-state index in [0.717, 1.165) is 5.56 Å². The topological polar surface area (TPSA) is 18.5 Å². The maximum absolute atomic E-state index is 12.3. The molecule has 0 N–H and O–H groups in total. The molecule has 0 amide bonds. The van der Waals surface area contributed by atoms with Gasteiger partial charge < -0.3 is 9.47 Å². The Labute approximate surface area is 118 Å². The molecule has 0 aliphatic carbocycles. The van der Waals surface area contributed by atoms with Crippen LogP contribution in [0.5, 0.6) is 5.75 Å². The van der Waals surface area contributed by atoms with E-state index in [-0.39, 0.29) is 21.5 Å². The van der Waals surface area contributed by atoms with E-state index in [0.29, 0.717) is 5.56 Å². The van der Waals surface area contributed by atoms with Gasteiger partial charge in [0.2, 0.25) is 0 Å².